The van der Waals surface area contributed by atoms with Gasteiger partial charge in [0.2, 0.25) is 0 Å². The number of pyridine rings is 1. The number of hydrogen-bond acceptors (Lipinski definition) is 6. The number of nitro groups is 1. The van der Waals surface area contributed by atoms with Gasteiger partial charge >= 0.3 is 0 Å². The Morgan fingerprint density at radius 3 is 2.57 bits per heavy atom. The minimum atomic E-state index is -0.475. The molecule has 0 saturated carbocycles. The summed E-state index contributed by atoms with van der Waals surface area (Å²) in [5.74, 6) is 5.25. The summed E-state index contributed by atoms with van der Waals surface area (Å²) in [6.45, 7) is 0.249. The fourth-order valence-corrected chi connectivity index (χ4v) is 1.65. The number of nitrogens with two attached hydrogens (primary N) is 1. The zero-order valence-corrected chi connectivity index (χ0v) is 10.9. The number of rotatable bonds is 5. The molecule has 0 fully saturated rings. The number of hydrogen-bond donors (Lipinski definition) is 3. The third-order valence-electron chi connectivity index (χ3n) is 2.73. The summed E-state index contributed by atoms with van der Waals surface area (Å²) in [6.07, 6.45) is 0. The van der Waals surface area contributed by atoms with Gasteiger partial charge in [-0.05, 0) is 17.7 Å². The fourth-order valence-electron chi connectivity index (χ4n) is 1.65. The molecule has 1 aromatic carbocycles. The normalized spacial score (nSPS) is 9.95. The summed E-state index contributed by atoms with van der Waals surface area (Å²) in [6, 6.07) is 10.8. The predicted octanol–water partition coefficient (Wildman–Crippen LogP) is 1.21. The zero-order valence-electron chi connectivity index (χ0n) is 10.9. The number of non-ortho nitro benzene ring substituents is 1. The largest absolute Gasteiger partial charge is 0.347 e. The number of anilines is 1. The summed E-state index contributed by atoms with van der Waals surface area (Å²) in [4.78, 5) is 26.0. The molecule has 0 saturated heterocycles. The molecule has 0 aliphatic carbocycles. The van der Waals surface area contributed by atoms with Crippen LogP contribution >= 0.6 is 0 Å². The molecule has 0 unspecified atom stereocenters. The Kier molecular flexibility index (Phi) is 4.42. The Hall–Kier alpha value is -3.00. The maximum atomic E-state index is 11.9. The molecule has 0 spiro atoms. The summed E-state index contributed by atoms with van der Waals surface area (Å²) in [7, 11) is 0. The van der Waals surface area contributed by atoms with Crippen LogP contribution in [0.5, 0.6) is 0 Å². The third kappa shape index (κ3) is 3.74. The van der Waals surface area contributed by atoms with Crippen LogP contribution in [0.4, 0.5) is 11.5 Å². The number of amides is 1. The second-order valence-electron chi connectivity index (χ2n) is 4.16. The first-order chi connectivity index (χ1) is 10.1. The highest BCUT2D eigenvalue weighted by molar-refractivity contribution is 5.92. The monoisotopic (exact) mass is 287 g/mol. The molecule has 1 aromatic heterocycles. The first kappa shape index (κ1) is 14.4. The maximum Gasteiger partial charge on any atom is 0.270 e. The van der Waals surface area contributed by atoms with Crippen LogP contribution in [-0.2, 0) is 6.54 Å². The summed E-state index contributed by atoms with van der Waals surface area (Å²) in [5, 5.41) is 13.2. The van der Waals surface area contributed by atoms with Crippen molar-refractivity contribution in [3.8, 4) is 0 Å². The van der Waals surface area contributed by atoms with Gasteiger partial charge in [0.25, 0.3) is 11.6 Å². The molecule has 1 heterocycles. The van der Waals surface area contributed by atoms with Gasteiger partial charge < -0.3 is 10.7 Å². The van der Waals surface area contributed by atoms with Crippen molar-refractivity contribution in [3.05, 3.63) is 63.8 Å². The molecule has 0 aliphatic rings. The van der Waals surface area contributed by atoms with Crippen molar-refractivity contribution in [3.63, 3.8) is 0 Å². The Morgan fingerprint density at radius 2 is 1.95 bits per heavy atom. The number of nitrogens with one attached hydrogen (secondary N) is 2. The molecule has 1 amide bonds. The molecular formula is C13H13N5O3. The molecule has 0 bridgehead atoms. The Balaban J connectivity index is 1.98. The van der Waals surface area contributed by atoms with Gasteiger partial charge in [-0.3, -0.25) is 14.9 Å². The van der Waals surface area contributed by atoms with Gasteiger partial charge in [-0.1, -0.05) is 18.2 Å². The molecule has 0 atom stereocenters. The number of nitro benzene ring substituents is 1. The van der Waals surface area contributed by atoms with E-state index >= 15 is 0 Å². The molecule has 8 nitrogen and oxygen atoms in total. The van der Waals surface area contributed by atoms with E-state index in [1.807, 2.05) is 0 Å². The summed E-state index contributed by atoms with van der Waals surface area (Å²) >= 11 is 0. The van der Waals surface area contributed by atoms with Gasteiger partial charge in [0.15, 0.2) is 0 Å². The molecule has 21 heavy (non-hydrogen) atoms. The fraction of sp³-hybridized carbons (Fsp3) is 0.0769. The van der Waals surface area contributed by atoms with Gasteiger partial charge in [-0.15, -0.1) is 0 Å². The maximum absolute atomic E-state index is 11.9. The Bertz CT molecular complexity index is 657. The van der Waals surface area contributed by atoms with Crippen LogP contribution < -0.4 is 16.6 Å². The van der Waals surface area contributed by atoms with Gasteiger partial charge in [0.05, 0.1) is 4.92 Å². The van der Waals surface area contributed by atoms with E-state index in [0.717, 1.165) is 5.56 Å². The Morgan fingerprint density at radius 1 is 1.24 bits per heavy atom. The van der Waals surface area contributed by atoms with E-state index in [1.165, 1.54) is 12.1 Å². The van der Waals surface area contributed by atoms with E-state index < -0.39 is 4.92 Å². The lowest BCUT2D eigenvalue weighted by molar-refractivity contribution is -0.384. The lowest BCUT2D eigenvalue weighted by Crippen LogP contribution is -2.24. The summed E-state index contributed by atoms with van der Waals surface area (Å²) in [5.41, 5.74) is 3.35. The van der Waals surface area contributed by atoms with Gasteiger partial charge in [-0.2, -0.15) is 0 Å². The molecular weight excluding hydrogens is 274 g/mol. The molecule has 2 aromatic rings. The van der Waals surface area contributed by atoms with Crippen molar-refractivity contribution >= 4 is 17.4 Å². The zero-order chi connectivity index (χ0) is 15.2. The van der Waals surface area contributed by atoms with Gasteiger partial charge in [-0.25, -0.2) is 10.8 Å². The molecule has 8 heteroatoms. The van der Waals surface area contributed by atoms with Crippen molar-refractivity contribution in [1.29, 1.82) is 0 Å². The van der Waals surface area contributed by atoms with Gasteiger partial charge in [0.1, 0.15) is 11.5 Å². The van der Waals surface area contributed by atoms with E-state index in [0.29, 0.717) is 5.82 Å². The number of benzene rings is 1. The second kappa shape index (κ2) is 6.44. The first-order valence-electron chi connectivity index (χ1n) is 6.05. The van der Waals surface area contributed by atoms with Crippen LogP contribution in [-0.4, -0.2) is 15.8 Å². The highest BCUT2D eigenvalue weighted by atomic mass is 16.6. The van der Waals surface area contributed by atoms with Crippen molar-refractivity contribution in [2.24, 2.45) is 5.84 Å². The number of nitrogens with zero attached hydrogens (tertiary/aromatic N) is 2. The third-order valence-corrected chi connectivity index (χ3v) is 2.73. The lowest BCUT2D eigenvalue weighted by atomic mass is 10.2. The van der Waals surface area contributed by atoms with Crippen LogP contribution in [0.2, 0.25) is 0 Å². The number of carbonyl (C=O) groups excluding carboxylic acids is 1. The van der Waals surface area contributed by atoms with Crippen LogP contribution in [0.15, 0.2) is 42.5 Å². The highest BCUT2D eigenvalue weighted by Gasteiger charge is 2.08. The number of nitrogen functional groups attached to an aromatic ring is 1. The first-order valence-corrected chi connectivity index (χ1v) is 6.05. The van der Waals surface area contributed by atoms with Crippen molar-refractivity contribution in [1.82, 2.24) is 10.3 Å². The molecule has 0 aliphatic heterocycles. The van der Waals surface area contributed by atoms with E-state index in [1.54, 1.807) is 30.3 Å². The number of aromatic nitrogens is 1. The number of hydrazine groups is 1. The van der Waals surface area contributed by atoms with Crippen molar-refractivity contribution in [2.75, 3.05) is 5.43 Å². The molecule has 108 valence electrons. The topological polar surface area (TPSA) is 123 Å². The van der Waals surface area contributed by atoms with E-state index in [2.05, 4.69) is 15.7 Å². The van der Waals surface area contributed by atoms with Crippen LogP contribution in [0.25, 0.3) is 0 Å². The quantitative estimate of drug-likeness (QED) is 0.431. The van der Waals surface area contributed by atoms with E-state index in [4.69, 9.17) is 5.84 Å². The SMILES string of the molecule is NNc1cccc(C(=O)NCc2ccc([N+](=O)[O-])cc2)n1. The number of carbonyl (C=O) groups is 1. The lowest BCUT2D eigenvalue weighted by Gasteiger charge is -2.06. The minimum absolute atomic E-state index is 0.00784. The van der Waals surface area contributed by atoms with Crippen LogP contribution in [0.3, 0.4) is 0 Å². The van der Waals surface area contributed by atoms with Crippen molar-refractivity contribution < 1.29 is 9.72 Å². The highest BCUT2D eigenvalue weighted by Crippen LogP contribution is 2.11. The minimum Gasteiger partial charge on any atom is -0.347 e. The van der Waals surface area contributed by atoms with E-state index in [-0.39, 0.29) is 23.8 Å². The van der Waals surface area contributed by atoms with Crippen LogP contribution in [0.1, 0.15) is 16.1 Å². The standard InChI is InChI=1S/C13H13N5O3/c14-17-12-3-1-2-11(16-12)13(19)15-8-9-4-6-10(7-5-9)18(20)21/h1-7H,8,14H2,(H,15,19)(H,16,17). The van der Waals surface area contributed by atoms with Crippen LogP contribution in [0, 0.1) is 10.1 Å². The van der Waals surface area contributed by atoms with E-state index in [9.17, 15) is 14.9 Å². The average molecular weight is 287 g/mol. The van der Waals surface area contributed by atoms with Gasteiger partial charge in [0, 0.05) is 18.7 Å². The molecule has 0 radical (unpaired) electrons. The molecule has 4 N–H and O–H groups in total. The summed E-state index contributed by atoms with van der Waals surface area (Å²) < 4.78 is 0. The average Bonchev–Trinajstić information content (AvgIpc) is 2.53. The predicted molar refractivity (Wildman–Crippen MR) is 76.3 cm³/mol. The molecule has 2 rings (SSSR count). The second-order valence-corrected chi connectivity index (χ2v) is 4.16. The van der Waals surface area contributed by atoms with Crippen molar-refractivity contribution in [2.45, 2.75) is 6.54 Å². The Labute approximate surface area is 120 Å². The smallest absolute Gasteiger partial charge is 0.270 e.